The average Bonchev–Trinajstić information content (AvgIpc) is 2.96. The zero-order chi connectivity index (χ0) is 13.5. The Kier molecular flexibility index (Phi) is 5.21. The first kappa shape index (κ1) is 13.9. The topological polar surface area (TPSA) is 47.6 Å². The van der Waals surface area contributed by atoms with Gasteiger partial charge in [-0.05, 0) is 30.5 Å². The van der Waals surface area contributed by atoms with E-state index < -0.39 is 0 Å². The number of carbonyl (C=O) groups is 1. The lowest BCUT2D eigenvalue weighted by Crippen LogP contribution is -2.32. The highest BCUT2D eigenvalue weighted by atomic mass is 16.5. The summed E-state index contributed by atoms with van der Waals surface area (Å²) in [5.41, 5.74) is 0.968. The first-order valence-corrected chi connectivity index (χ1v) is 6.80. The van der Waals surface area contributed by atoms with Crippen molar-refractivity contribution in [3.05, 3.63) is 29.8 Å². The molecule has 1 aliphatic carbocycles. The van der Waals surface area contributed by atoms with E-state index >= 15 is 0 Å². The van der Waals surface area contributed by atoms with Crippen LogP contribution in [0.15, 0.2) is 24.3 Å². The standard InChI is InChI=1S/C15H21NO3/c1-18-14-8-6-12(7-9-14)11-19-15(17)10-16-13-4-2-3-5-13/h6-9,13,16H,2-5,10-11H2,1H3. The molecular formula is C15H21NO3. The molecular weight excluding hydrogens is 242 g/mol. The van der Waals surface area contributed by atoms with Crippen LogP contribution in [-0.4, -0.2) is 25.7 Å². The molecule has 0 spiro atoms. The first-order chi connectivity index (χ1) is 9.28. The van der Waals surface area contributed by atoms with E-state index in [2.05, 4.69) is 5.32 Å². The van der Waals surface area contributed by atoms with Gasteiger partial charge in [0.1, 0.15) is 12.4 Å². The SMILES string of the molecule is COc1ccc(COC(=O)CNC2CCCC2)cc1. The number of benzene rings is 1. The summed E-state index contributed by atoms with van der Waals surface area (Å²) in [6.07, 6.45) is 4.87. The summed E-state index contributed by atoms with van der Waals surface area (Å²) >= 11 is 0. The van der Waals surface area contributed by atoms with Crippen LogP contribution in [0.5, 0.6) is 5.75 Å². The Labute approximate surface area is 114 Å². The van der Waals surface area contributed by atoms with E-state index in [4.69, 9.17) is 9.47 Å². The van der Waals surface area contributed by atoms with Crippen LogP contribution in [0.2, 0.25) is 0 Å². The van der Waals surface area contributed by atoms with E-state index in [-0.39, 0.29) is 5.97 Å². The molecule has 0 saturated heterocycles. The molecule has 1 saturated carbocycles. The quantitative estimate of drug-likeness (QED) is 0.800. The maximum Gasteiger partial charge on any atom is 0.320 e. The number of hydrogen-bond acceptors (Lipinski definition) is 4. The highest BCUT2D eigenvalue weighted by molar-refractivity contribution is 5.71. The molecule has 4 nitrogen and oxygen atoms in total. The van der Waals surface area contributed by atoms with E-state index in [0.29, 0.717) is 19.2 Å². The van der Waals surface area contributed by atoms with Crippen LogP contribution in [-0.2, 0) is 16.1 Å². The molecule has 1 N–H and O–H groups in total. The van der Waals surface area contributed by atoms with Crippen molar-refractivity contribution in [2.24, 2.45) is 0 Å². The Balaban J connectivity index is 1.67. The fourth-order valence-corrected chi connectivity index (χ4v) is 2.29. The minimum absolute atomic E-state index is 0.192. The lowest BCUT2D eigenvalue weighted by atomic mass is 10.2. The molecule has 0 bridgehead atoms. The summed E-state index contributed by atoms with van der Waals surface area (Å²) in [5, 5.41) is 3.24. The van der Waals surface area contributed by atoms with Gasteiger partial charge in [-0.15, -0.1) is 0 Å². The number of esters is 1. The molecule has 0 aliphatic heterocycles. The second-order valence-corrected chi connectivity index (χ2v) is 4.87. The van der Waals surface area contributed by atoms with Gasteiger partial charge in [0, 0.05) is 6.04 Å². The molecule has 0 atom stereocenters. The molecule has 1 aromatic carbocycles. The first-order valence-electron chi connectivity index (χ1n) is 6.80. The van der Waals surface area contributed by atoms with Crippen molar-refractivity contribution in [2.75, 3.05) is 13.7 Å². The molecule has 0 heterocycles. The van der Waals surface area contributed by atoms with Crippen LogP contribution >= 0.6 is 0 Å². The minimum atomic E-state index is -0.192. The van der Waals surface area contributed by atoms with Crippen LogP contribution in [0, 0.1) is 0 Å². The van der Waals surface area contributed by atoms with Crippen LogP contribution in [0.1, 0.15) is 31.2 Å². The summed E-state index contributed by atoms with van der Waals surface area (Å²) in [4.78, 5) is 11.6. The maximum absolute atomic E-state index is 11.6. The molecule has 0 radical (unpaired) electrons. The molecule has 1 fully saturated rings. The molecule has 0 amide bonds. The van der Waals surface area contributed by atoms with Gasteiger partial charge in [-0.25, -0.2) is 0 Å². The number of methoxy groups -OCH3 is 1. The second kappa shape index (κ2) is 7.14. The molecule has 104 valence electrons. The third-order valence-electron chi connectivity index (χ3n) is 3.45. The predicted octanol–water partition coefficient (Wildman–Crippen LogP) is 2.27. The molecule has 0 unspecified atom stereocenters. The van der Waals surface area contributed by atoms with Crippen LogP contribution in [0.25, 0.3) is 0 Å². The minimum Gasteiger partial charge on any atom is -0.497 e. The van der Waals surface area contributed by atoms with Gasteiger partial charge < -0.3 is 14.8 Å². The zero-order valence-electron chi connectivity index (χ0n) is 11.4. The lowest BCUT2D eigenvalue weighted by molar-refractivity contribution is -0.144. The summed E-state index contributed by atoms with van der Waals surface area (Å²) < 4.78 is 10.3. The van der Waals surface area contributed by atoms with Crippen molar-refractivity contribution in [3.63, 3.8) is 0 Å². The van der Waals surface area contributed by atoms with E-state index in [0.717, 1.165) is 11.3 Å². The number of ether oxygens (including phenoxy) is 2. The van der Waals surface area contributed by atoms with Gasteiger partial charge in [-0.1, -0.05) is 25.0 Å². The molecule has 19 heavy (non-hydrogen) atoms. The molecule has 2 rings (SSSR count). The molecule has 1 aromatic rings. The number of rotatable bonds is 6. The molecule has 0 aromatic heterocycles. The van der Waals surface area contributed by atoms with Gasteiger partial charge in [-0.3, -0.25) is 4.79 Å². The highest BCUT2D eigenvalue weighted by Crippen LogP contribution is 2.17. The Morgan fingerprint density at radius 3 is 2.58 bits per heavy atom. The van der Waals surface area contributed by atoms with E-state index in [1.807, 2.05) is 24.3 Å². The lowest BCUT2D eigenvalue weighted by Gasteiger charge is -2.11. The Bertz CT molecular complexity index is 396. The fraction of sp³-hybridized carbons (Fsp3) is 0.533. The Morgan fingerprint density at radius 2 is 1.95 bits per heavy atom. The molecule has 4 heteroatoms. The average molecular weight is 263 g/mol. The third-order valence-corrected chi connectivity index (χ3v) is 3.45. The third kappa shape index (κ3) is 4.56. The number of nitrogens with one attached hydrogen (secondary N) is 1. The van der Waals surface area contributed by atoms with Crippen molar-refractivity contribution < 1.29 is 14.3 Å². The van der Waals surface area contributed by atoms with Crippen LogP contribution in [0.4, 0.5) is 0 Å². The zero-order valence-corrected chi connectivity index (χ0v) is 11.4. The van der Waals surface area contributed by atoms with Gasteiger partial charge in [-0.2, -0.15) is 0 Å². The highest BCUT2D eigenvalue weighted by Gasteiger charge is 2.15. The van der Waals surface area contributed by atoms with Gasteiger partial charge in [0.05, 0.1) is 13.7 Å². The van der Waals surface area contributed by atoms with E-state index in [1.165, 1.54) is 25.7 Å². The summed E-state index contributed by atoms with van der Waals surface area (Å²) in [7, 11) is 1.63. The van der Waals surface area contributed by atoms with Gasteiger partial charge in [0.15, 0.2) is 0 Å². The van der Waals surface area contributed by atoms with Crippen molar-refractivity contribution in [3.8, 4) is 5.75 Å². The fourth-order valence-electron chi connectivity index (χ4n) is 2.29. The normalized spacial score (nSPS) is 15.4. The van der Waals surface area contributed by atoms with Crippen LogP contribution < -0.4 is 10.1 Å². The van der Waals surface area contributed by atoms with Crippen LogP contribution in [0.3, 0.4) is 0 Å². The molecule has 1 aliphatic rings. The predicted molar refractivity (Wildman–Crippen MR) is 73.0 cm³/mol. The largest absolute Gasteiger partial charge is 0.497 e. The summed E-state index contributed by atoms with van der Waals surface area (Å²) in [6.45, 7) is 0.621. The van der Waals surface area contributed by atoms with Crippen molar-refractivity contribution in [1.29, 1.82) is 0 Å². The van der Waals surface area contributed by atoms with Gasteiger partial charge in [0.2, 0.25) is 0 Å². The number of hydrogen-bond donors (Lipinski definition) is 1. The smallest absolute Gasteiger partial charge is 0.320 e. The number of carbonyl (C=O) groups excluding carboxylic acids is 1. The monoisotopic (exact) mass is 263 g/mol. The Hall–Kier alpha value is -1.55. The van der Waals surface area contributed by atoms with Crippen molar-refractivity contribution in [2.45, 2.75) is 38.3 Å². The van der Waals surface area contributed by atoms with Crippen molar-refractivity contribution >= 4 is 5.97 Å². The van der Waals surface area contributed by atoms with Crippen molar-refractivity contribution in [1.82, 2.24) is 5.32 Å². The van der Waals surface area contributed by atoms with E-state index in [9.17, 15) is 4.79 Å². The Morgan fingerprint density at radius 1 is 1.26 bits per heavy atom. The maximum atomic E-state index is 11.6. The van der Waals surface area contributed by atoms with E-state index in [1.54, 1.807) is 7.11 Å². The van der Waals surface area contributed by atoms with Gasteiger partial charge >= 0.3 is 5.97 Å². The summed E-state index contributed by atoms with van der Waals surface area (Å²) in [6, 6.07) is 8.01. The van der Waals surface area contributed by atoms with Gasteiger partial charge in [0.25, 0.3) is 0 Å². The summed E-state index contributed by atoms with van der Waals surface area (Å²) in [5.74, 6) is 0.612. The second-order valence-electron chi connectivity index (χ2n) is 4.87.